The van der Waals surface area contributed by atoms with Gasteiger partial charge in [-0.3, -0.25) is 4.90 Å². The maximum absolute atomic E-state index is 11.1. The molecule has 5 nitrogen and oxygen atoms in total. The van der Waals surface area contributed by atoms with Crippen molar-refractivity contribution in [2.45, 2.75) is 6.54 Å². The Morgan fingerprint density at radius 1 is 1.35 bits per heavy atom. The van der Waals surface area contributed by atoms with Crippen LogP contribution < -0.4 is 5.14 Å². The maximum Gasteiger partial charge on any atom is 0.276 e. The minimum absolute atomic E-state index is 0.476. The quantitative estimate of drug-likeness (QED) is 0.886. The van der Waals surface area contributed by atoms with Crippen LogP contribution in [0.3, 0.4) is 0 Å². The van der Waals surface area contributed by atoms with Gasteiger partial charge in [-0.15, -0.1) is 11.3 Å². The molecule has 0 radical (unpaired) electrons. The zero-order valence-electron chi connectivity index (χ0n) is 9.17. The standard InChI is InChI=1S/C9H14BrN3O2S2/c10-9-5-8(7-16-9)6-12-1-3-13(4-2-12)17(11,14)15/h5,7H,1-4,6H2,(H2,11,14,15). The molecule has 0 aromatic carbocycles. The minimum Gasteiger partial charge on any atom is -0.296 e. The number of halogens is 1. The number of nitrogens with zero attached hydrogens (tertiary/aromatic N) is 2. The van der Waals surface area contributed by atoms with E-state index in [1.165, 1.54) is 9.87 Å². The first kappa shape index (κ1) is 13.4. The van der Waals surface area contributed by atoms with E-state index < -0.39 is 10.2 Å². The third-order valence-electron chi connectivity index (χ3n) is 2.72. The first-order chi connectivity index (χ1) is 7.95. The summed E-state index contributed by atoms with van der Waals surface area (Å²) in [5.74, 6) is 0. The summed E-state index contributed by atoms with van der Waals surface area (Å²) in [5.41, 5.74) is 1.26. The fraction of sp³-hybridized carbons (Fsp3) is 0.556. The van der Waals surface area contributed by atoms with Crippen molar-refractivity contribution in [2.24, 2.45) is 5.14 Å². The fourth-order valence-corrected chi connectivity index (χ4v) is 3.70. The van der Waals surface area contributed by atoms with Gasteiger partial charge in [0.2, 0.25) is 0 Å². The molecule has 0 saturated carbocycles. The van der Waals surface area contributed by atoms with Crippen LogP contribution in [0.15, 0.2) is 15.2 Å². The van der Waals surface area contributed by atoms with Crippen molar-refractivity contribution in [3.63, 3.8) is 0 Å². The summed E-state index contributed by atoms with van der Waals surface area (Å²) in [6.45, 7) is 3.27. The normalized spacial score (nSPS) is 19.6. The van der Waals surface area contributed by atoms with E-state index in [4.69, 9.17) is 5.14 Å². The van der Waals surface area contributed by atoms with Crippen LogP contribution in [0, 0.1) is 0 Å². The van der Waals surface area contributed by atoms with E-state index in [2.05, 4.69) is 32.3 Å². The van der Waals surface area contributed by atoms with Crippen LogP contribution in [0.2, 0.25) is 0 Å². The van der Waals surface area contributed by atoms with Gasteiger partial charge in [0.05, 0.1) is 3.79 Å². The van der Waals surface area contributed by atoms with Crippen LogP contribution >= 0.6 is 27.3 Å². The second-order valence-electron chi connectivity index (χ2n) is 3.98. The highest BCUT2D eigenvalue weighted by Crippen LogP contribution is 2.22. The largest absolute Gasteiger partial charge is 0.296 e. The van der Waals surface area contributed by atoms with Crippen LogP contribution in [0.25, 0.3) is 0 Å². The lowest BCUT2D eigenvalue weighted by Gasteiger charge is -2.32. The average Bonchev–Trinajstić information content (AvgIpc) is 2.63. The Labute approximate surface area is 114 Å². The molecule has 96 valence electrons. The van der Waals surface area contributed by atoms with Gasteiger partial charge in [0.25, 0.3) is 10.2 Å². The average molecular weight is 340 g/mol. The summed E-state index contributed by atoms with van der Waals surface area (Å²) in [6.07, 6.45) is 0. The number of nitrogens with two attached hydrogens (primary N) is 1. The molecule has 2 heterocycles. The van der Waals surface area contributed by atoms with Crippen LogP contribution in [-0.2, 0) is 16.8 Å². The van der Waals surface area contributed by atoms with E-state index in [0.717, 1.165) is 23.4 Å². The lowest BCUT2D eigenvalue weighted by atomic mass is 10.3. The number of piperazine rings is 1. The van der Waals surface area contributed by atoms with Crippen molar-refractivity contribution in [1.82, 2.24) is 9.21 Å². The lowest BCUT2D eigenvalue weighted by molar-refractivity contribution is 0.182. The number of thiophene rings is 1. The Morgan fingerprint density at radius 2 is 2.00 bits per heavy atom. The summed E-state index contributed by atoms with van der Waals surface area (Å²) in [6, 6.07) is 2.09. The molecule has 0 amide bonds. The summed E-state index contributed by atoms with van der Waals surface area (Å²) >= 11 is 5.09. The number of hydrogen-bond acceptors (Lipinski definition) is 4. The molecule has 0 spiro atoms. The van der Waals surface area contributed by atoms with Crippen LogP contribution in [-0.4, -0.2) is 43.8 Å². The zero-order valence-corrected chi connectivity index (χ0v) is 12.4. The molecule has 1 saturated heterocycles. The van der Waals surface area contributed by atoms with E-state index >= 15 is 0 Å². The van der Waals surface area contributed by atoms with Crippen molar-refractivity contribution in [3.05, 3.63) is 20.8 Å². The van der Waals surface area contributed by atoms with E-state index in [-0.39, 0.29) is 0 Å². The van der Waals surface area contributed by atoms with Gasteiger partial charge in [0.1, 0.15) is 0 Å². The van der Waals surface area contributed by atoms with E-state index in [1.807, 2.05) is 0 Å². The summed E-state index contributed by atoms with van der Waals surface area (Å²) < 4.78 is 24.7. The first-order valence-electron chi connectivity index (χ1n) is 5.18. The van der Waals surface area contributed by atoms with Gasteiger partial charge < -0.3 is 0 Å². The predicted molar refractivity (Wildman–Crippen MR) is 72.0 cm³/mol. The fourth-order valence-electron chi connectivity index (χ4n) is 1.83. The van der Waals surface area contributed by atoms with Gasteiger partial charge in [-0.1, -0.05) is 0 Å². The smallest absolute Gasteiger partial charge is 0.276 e. The van der Waals surface area contributed by atoms with Gasteiger partial charge in [0, 0.05) is 32.7 Å². The van der Waals surface area contributed by atoms with Crippen LogP contribution in [0.5, 0.6) is 0 Å². The second-order valence-corrected chi connectivity index (χ2v) is 7.82. The Bertz CT molecular complexity index is 480. The molecule has 1 aromatic rings. The lowest BCUT2D eigenvalue weighted by Crippen LogP contribution is -2.50. The van der Waals surface area contributed by atoms with Crippen molar-refractivity contribution < 1.29 is 8.42 Å². The highest BCUT2D eigenvalue weighted by molar-refractivity contribution is 9.11. The molecule has 8 heteroatoms. The van der Waals surface area contributed by atoms with Crippen molar-refractivity contribution in [3.8, 4) is 0 Å². The van der Waals surface area contributed by atoms with Gasteiger partial charge in [-0.05, 0) is 32.9 Å². The molecule has 1 aliphatic rings. The number of hydrogen-bond donors (Lipinski definition) is 1. The minimum atomic E-state index is -3.52. The van der Waals surface area contributed by atoms with Gasteiger partial charge in [0.15, 0.2) is 0 Å². The van der Waals surface area contributed by atoms with Gasteiger partial charge >= 0.3 is 0 Å². The summed E-state index contributed by atoms with van der Waals surface area (Å²) in [5, 5.41) is 7.19. The van der Waals surface area contributed by atoms with Crippen LogP contribution in [0.1, 0.15) is 5.56 Å². The third kappa shape index (κ3) is 3.73. The predicted octanol–water partition coefficient (Wildman–Crippen LogP) is 0.832. The Hall–Kier alpha value is 0.01000. The summed E-state index contributed by atoms with van der Waals surface area (Å²) in [4.78, 5) is 2.23. The molecule has 0 bridgehead atoms. The van der Waals surface area contributed by atoms with Gasteiger partial charge in [-0.2, -0.15) is 12.7 Å². The molecule has 0 unspecified atom stereocenters. The highest BCUT2D eigenvalue weighted by atomic mass is 79.9. The molecule has 2 rings (SSSR count). The van der Waals surface area contributed by atoms with E-state index in [1.54, 1.807) is 11.3 Å². The molecule has 1 aromatic heterocycles. The Morgan fingerprint density at radius 3 is 2.47 bits per heavy atom. The molecule has 1 fully saturated rings. The molecule has 0 atom stereocenters. The first-order valence-corrected chi connectivity index (χ1v) is 8.36. The molecule has 2 N–H and O–H groups in total. The molecule has 17 heavy (non-hydrogen) atoms. The SMILES string of the molecule is NS(=O)(=O)N1CCN(Cc2csc(Br)c2)CC1. The molecular formula is C9H14BrN3O2S2. The Kier molecular flexibility index (Phi) is 4.22. The summed E-state index contributed by atoms with van der Waals surface area (Å²) in [7, 11) is -3.52. The zero-order chi connectivity index (χ0) is 12.5. The van der Waals surface area contributed by atoms with Crippen molar-refractivity contribution >= 4 is 37.5 Å². The molecular weight excluding hydrogens is 326 g/mol. The van der Waals surface area contributed by atoms with E-state index in [9.17, 15) is 8.42 Å². The molecule has 0 aliphatic carbocycles. The van der Waals surface area contributed by atoms with Crippen LogP contribution in [0.4, 0.5) is 0 Å². The van der Waals surface area contributed by atoms with Crippen molar-refractivity contribution in [1.29, 1.82) is 0 Å². The molecule has 1 aliphatic heterocycles. The maximum atomic E-state index is 11.1. The monoisotopic (exact) mass is 339 g/mol. The number of rotatable bonds is 3. The second kappa shape index (κ2) is 5.33. The van der Waals surface area contributed by atoms with E-state index in [0.29, 0.717) is 13.1 Å². The highest BCUT2D eigenvalue weighted by Gasteiger charge is 2.23. The third-order valence-corrected chi connectivity index (χ3v) is 5.36. The Balaban J connectivity index is 1.87. The van der Waals surface area contributed by atoms with Crippen molar-refractivity contribution in [2.75, 3.05) is 26.2 Å². The topological polar surface area (TPSA) is 66.6 Å². The van der Waals surface area contributed by atoms with Gasteiger partial charge in [-0.25, -0.2) is 5.14 Å².